The Bertz CT molecular complexity index is 734. The lowest BCUT2D eigenvalue weighted by atomic mass is 10.1. The van der Waals surface area contributed by atoms with Crippen LogP contribution in [0.2, 0.25) is 0 Å². The van der Waals surface area contributed by atoms with Crippen molar-refractivity contribution in [3.63, 3.8) is 0 Å². The van der Waals surface area contributed by atoms with Gasteiger partial charge in [-0.25, -0.2) is 9.37 Å². The van der Waals surface area contributed by atoms with Crippen LogP contribution >= 0.6 is 15.9 Å². The smallest absolute Gasteiger partial charge is 0.151 e. The summed E-state index contributed by atoms with van der Waals surface area (Å²) in [5.41, 5.74) is 9.22. The van der Waals surface area contributed by atoms with E-state index < -0.39 is 0 Å². The third-order valence-corrected chi connectivity index (χ3v) is 3.46. The van der Waals surface area contributed by atoms with E-state index in [2.05, 4.69) is 20.9 Å². The molecule has 19 heavy (non-hydrogen) atoms. The van der Waals surface area contributed by atoms with Gasteiger partial charge in [0.25, 0.3) is 0 Å². The van der Waals surface area contributed by atoms with Gasteiger partial charge in [-0.3, -0.25) is 0 Å². The number of rotatable bonds is 2. The standard InChI is InChI=1S/C14H11BrFN3/c15-13-6-11(17)7-19-8-12(18-14(13)19)5-9-1-3-10(16)4-2-9/h1-4,6-8H,5,17H2. The van der Waals surface area contributed by atoms with Gasteiger partial charge in [0, 0.05) is 24.5 Å². The van der Waals surface area contributed by atoms with E-state index in [1.165, 1.54) is 12.1 Å². The van der Waals surface area contributed by atoms with Gasteiger partial charge in [-0.05, 0) is 39.7 Å². The second-order valence-corrected chi connectivity index (χ2v) is 5.24. The molecular formula is C14H11BrFN3. The fraction of sp³-hybridized carbons (Fsp3) is 0.0714. The molecule has 2 heterocycles. The number of nitrogens with zero attached hydrogens (tertiary/aromatic N) is 2. The van der Waals surface area contributed by atoms with Crippen LogP contribution in [-0.2, 0) is 6.42 Å². The van der Waals surface area contributed by atoms with Crippen LogP contribution < -0.4 is 5.73 Å². The summed E-state index contributed by atoms with van der Waals surface area (Å²) in [4.78, 5) is 4.54. The van der Waals surface area contributed by atoms with Crippen LogP contribution in [0, 0.1) is 5.82 Å². The largest absolute Gasteiger partial charge is 0.397 e. The van der Waals surface area contributed by atoms with E-state index in [4.69, 9.17) is 5.73 Å². The third-order valence-electron chi connectivity index (χ3n) is 2.88. The van der Waals surface area contributed by atoms with Gasteiger partial charge in [-0.1, -0.05) is 12.1 Å². The molecule has 96 valence electrons. The van der Waals surface area contributed by atoms with Gasteiger partial charge >= 0.3 is 0 Å². The van der Waals surface area contributed by atoms with Crippen molar-refractivity contribution in [3.05, 3.63) is 64.3 Å². The summed E-state index contributed by atoms with van der Waals surface area (Å²) >= 11 is 3.44. The normalized spacial score (nSPS) is 11.1. The summed E-state index contributed by atoms with van der Waals surface area (Å²) in [5.74, 6) is -0.228. The second-order valence-electron chi connectivity index (χ2n) is 4.39. The molecule has 3 nitrogen and oxygen atoms in total. The first kappa shape index (κ1) is 12.2. The van der Waals surface area contributed by atoms with Crippen LogP contribution in [0.3, 0.4) is 0 Å². The zero-order valence-electron chi connectivity index (χ0n) is 9.98. The number of hydrogen-bond acceptors (Lipinski definition) is 2. The first-order chi connectivity index (χ1) is 9.11. The Hall–Kier alpha value is -1.88. The lowest BCUT2D eigenvalue weighted by Gasteiger charge is -1.97. The highest BCUT2D eigenvalue weighted by Crippen LogP contribution is 2.21. The van der Waals surface area contributed by atoms with Crippen molar-refractivity contribution in [1.29, 1.82) is 0 Å². The number of anilines is 1. The molecule has 0 saturated heterocycles. The number of nitrogen functional groups attached to an aromatic ring is 1. The first-order valence-electron chi connectivity index (χ1n) is 5.79. The maximum absolute atomic E-state index is 12.9. The summed E-state index contributed by atoms with van der Waals surface area (Å²) in [6.07, 6.45) is 4.41. The highest BCUT2D eigenvalue weighted by atomic mass is 79.9. The van der Waals surface area contributed by atoms with Crippen LogP contribution in [-0.4, -0.2) is 9.38 Å². The highest BCUT2D eigenvalue weighted by molar-refractivity contribution is 9.10. The molecular weight excluding hydrogens is 309 g/mol. The average Bonchev–Trinajstić information content (AvgIpc) is 2.75. The minimum atomic E-state index is -0.228. The summed E-state index contributed by atoms with van der Waals surface area (Å²) in [5, 5.41) is 0. The summed E-state index contributed by atoms with van der Waals surface area (Å²) < 4.78 is 15.6. The fourth-order valence-electron chi connectivity index (χ4n) is 2.02. The van der Waals surface area contributed by atoms with Crippen molar-refractivity contribution in [2.75, 3.05) is 5.73 Å². The number of halogens is 2. The van der Waals surface area contributed by atoms with Crippen LogP contribution in [0.25, 0.3) is 5.65 Å². The van der Waals surface area contributed by atoms with Crippen molar-refractivity contribution >= 4 is 27.3 Å². The Morgan fingerprint density at radius 2 is 1.95 bits per heavy atom. The topological polar surface area (TPSA) is 43.3 Å². The molecule has 0 unspecified atom stereocenters. The van der Waals surface area contributed by atoms with E-state index in [1.54, 1.807) is 12.1 Å². The molecule has 0 amide bonds. The molecule has 5 heteroatoms. The molecule has 3 aromatic rings. The van der Waals surface area contributed by atoms with Crippen LogP contribution in [0.5, 0.6) is 0 Å². The monoisotopic (exact) mass is 319 g/mol. The number of pyridine rings is 1. The van der Waals surface area contributed by atoms with Gasteiger partial charge in [0.1, 0.15) is 5.82 Å². The third kappa shape index (κ3) is 2.46. The Labute approximate surface area is 118 Å². The van der Waals surface area contributed by atoms with E-state index in [0.29, 0.717) is 12.1 Å². The zero-order valence-corrected chi connectivity index (χ0v) is 11.6. The van der Waals surface area contributed by atoms with E-state index in [0.717, 1.165) is 21.4 Å². The highest BCUT2D eigenvalue weighted by Gasteiger charge is 2.07. The number of nitrogens with two attached hydrogens (primary N) is 1. The molecule has 0 radical (unpaired) electrons. The van der Waals surface area contributed by atoms with Crippen molar-refractivity contribution in [3.8, 4) is 0 Å². The Kier molecular flexibility index (Phi) is 2.98. The van der Waals surface area contributed by atoms with Crippen molar-refractivity contribution in [2.45, 2.75) is 6.42 Å². The molecule has 0 atom stereocenters. The lowest BCUT2D eigenvalue weighted by Crippen LogP contribution is -1.90. The molecule has 0 spiro atoms. The number of imidazole rings is 1. The second kappa shape index (κ2) is 4.66. The van der Waals surface area contributed by atoms with E-state index >= 15 is 0 Å². The van der Waals surface area contributed by atoms with Crippen LogP contribution in [0.4, 0.5) is 10.1 Å². The van der Waals surface area contributed by atoms with E-state index in [1.807, 2.05) is 22.9 Å². The Morgan fingerprint density at radius 3 is 2.68 bits per heavy atom. The molecule has 3 rings (SSSR count). The van der Waals surface area contributed by atoms with Gasteiger partial charge in [0.05, 0.1) is 10.2 Å². The summed E-state index contributed by atoms with van der Waals surface area (Å²) in [6.45, 7) is 0. The van der Waals surface area contributed by atoms with Gasteiger partial charge in [-0.2, -0.15) is 0 Å². The molecule has 0 bridgehead atoms. The van der Waals surface area contributed by atoms with Crippen molar-refractivity contribution in [2.24, 2.45) is 0 Å². The molecule has 0 aliphatic rings. The maximum Gasteiger partial charge on any atom is 0.151 e. The zero-order chi connectivity index (χ0) is 13.4. The van der Waals surface area contributed by atoms with Crippen molar-refractivity contribution in [1.82, 2.24) is 9.38 Å². The quantitative estimate of drug-likeness (QED) is 0.786. The Morgan fingerprint density at radius 1 is 1.21 bits per heavy atom. The summed E-state index contributed by atoms with van der Waals surface area (Å²) in [7, 11) is 0. The molecule has 0 saturated carbocycles. The molecule has 1 aromatic carbocycles. The SMILES string of the molecule is Nc1cc(Br)c2nc(Cc3ccc(F)cc3)cn2c1. The number of benzene rings is 1. The maximum atomic E-state index is 12.9. The minimum absolute atomic E-state index is 0.228. The van der Waals surface area contributed by atoms with Crippen LogP contribution in [0.15, 0.2) is 47.2 Å². The summed E-state index contributed by atoms with van der Waals surface area (Å²) in [6, 6.07) is 8.27. The number of aromatic nitrogens is 2. The minimum Gasteiger partial charge on any atom is -0.397 e. The molecule has 2 N–H and O–H groups in total. The van der Waals surface area contributed by atoms with Gasteiger partial charge in [0.2, 0.25) is 0 Å². The van der Waals surface area contributed by atoms with Gasteiger partial charge in [-0.15, -0.1) is 0 Å². The van der Waals surface area contributed by atoms with Gasteiger partial charge in [0.15, 0.2) is 5.65 Å². The van der Waals surface area contributed by atoms with Crippen LogP contribution in [0.1, 0.15) is 11.3 Å². The van der Waals surface area contributed by atoms with E-state index in [-0.39, 0.29) is 5.82 Å². The molecule has 0 fully saturated rings. The molecule has 0 aliphatic heterocycles. The Balaban J connectivity index is 1.97. The predicted molar refractivity (Wildman–Crippen MR) is 76.5 cm³/mol. The average molecular weight is 320 g/mol. The fourth-order valence-corrected chi connectivity index (χ4v) is 2.58. The molecule has 0 aliphatic carbocycles. The van der Waals surface area contributed by atoms with Crippen molar-refractivity contribution < 1.29 is 4.39 Å². The molecule has 2 aromatic heterocycles. The van der Waals surface area contributed by atoms with Gasteiger partial charge < -0.3 is 10.1 Å². The predicted octanol–water partition coefficient (Wildman–Crippen LogP) is 3.41. The van der Waals surface area contributed by atoms with E-state index in [9.17, 15) is 4.39 Å². The number of fused-ring (bicyclic) bond motifs is 1. The first-order valence-corrected chi connectivity index (χ1v) is 6.58. The lowest BCUT2D eigenvalue weighted by molar-refractivity contribution is 0.627. The number of hydrogen-bond donors (Lipinski definition) is 1.